The van der Waals surface area contributed by atoms with Crippen LogP contribution in [0.1, 0.15) is 49.3 Å². The Labute approximate surface area is 270 Å². The predicted octanol–water partition coefficient (Wildman–Crippen LogP) is 5.98. The van der Waals surface area contributed by atoms with Crippen molar-refractivity contribution in [3.63, 3.8) is 0 Å². The molecule has 5 aromatic carbocycles. The molecule has 0 N–H and O–H groups in total. The number of benzene rings is 5. The van der Waals surface area contributed by atoms with E-state index >= 15 is 0 Å². The van der Waals surface area contributed by atoms with E-state index < -0.39 is 13.8 Å². The van der Waals surface area contributed by atoms with Gasteiger partial charge in [0.2, 0.25) is 0 Å². The Morgan fingerprint density at radius 2 is 1.12 bits per heavy atom. The average Bonchev–Trinajstić information content (AvgIpc) is 3.05. The number of hydrogen-bond acceptors (Lipinski definition) is 4. The zero-order valence-corrected chi connectivity index (χ0v) is 26.9. The summed E-state index contributed by atoms with van der Waals surface area (Å²) in [6, 6.07) is 46.5. The molecule has 0 bridgehead atoms. The fourth-order valence-corrected chi connectivity index (χ4v) is 7.35. The van der Waals surface area contributed by atoms with Gasteiger partial charge in [-0.3, -0.25) is 0 Å². The molecule has 0 fully saturated rings. The molecule has 0 aromatic heterocycles. The minimum atomic E-state index is -0.877. The van der Waals surface area contributed by atoms with Crippen molar-refractivity contribution in [2.75, 3.05) is 0 Å². The van der Waals surface area contributed by atoms with Crippen LogP contribution in [0.4, 0.5) is 0 Å². The Hall–Kier alpha value is -3.87. The molecule has 5 rings (SSSR count). The third-order valence-electron chi connectivity index (χ3n) is 7.05. The minimum Gasteiger partial charge on any atom is -0.872 e. The summed E-state index contributed by atoms with van der Waals surface area (Å²) < 4.78 is 0. The molecular weight excluding hydrogens is 642 g/mol. The third-order valence-corrected chi connectivity index (χ3v) is 9.78. The summed E-state index contributed by atoms with van der Waals surface area (Å²) in [6.45, 7) is 4.23. The van der Waals surface area contributed by atoms with Crippen molar-refractivity contribution in [1.82, 2.24) is 0 Å². The second-order valence-electron chi connectivity index (χ2n) is 9.80. The van der Waals surface area contributed by atoms with Crippen molar-refractivity contribution in [3.8, 4) is 5.75 Å². The van der Waals surface area contributed by atoms with Crippen molar-refractivity contribution in [1.29, 1.82) is 0 Å². The summed E-state index contributed by atoms with van der Waals surface area (Å²) in [4.78, 5) is 0. The molecule has 0 amide bonds. The molecule has 5 aromatic rings. The van der Waals surface area contributed by atoms with Crippen LogP contribution in [0.15, 0.2) is 150 Å². The van der Waals surface area contributed by atoms with E-state index in [0.717, 1.165) is 18.4 Å². The van der Waals surface area contributed by atoms with E-state index in [1.807, 2.05) is 12.1 Å². The first-order valence-electron chi connectivity index (χ1n) is 14.3. The quantitative estimate of drug-likeness (QED) is 0.0634. The third kappa shape index (κ3) is 9.84. The number of nitrogens with zero attached hydrogens (tertiary/aromatic N) is 2. The van der Waals surface area contributed by atoms with E-state index in [0.29, 0.717) is 17.0 Å². The molecule has 0 unspecified atom stereocenters. The maximum Gasteiger partial charge on any atom is 2.00 e. The van der Waals surface area contributed by atoms with Gasteiger partial charge in [-0.25, -0.2) is 0 Å². The molecule has 0 spiro atoms. The van der Waals surface area contributed by atoms with Crippen LogP contribution in [-0.2, 0) is 20.4 Å². The monoisotopic (exact) mass is 677 g/mol. The second-order valence-corrected chi connectivity index (χ2v) is 12.3. The molecule has 0 radical (unpaired) electrons. The van der Waals surface area contributed by atoms with E-state index in [2.05, 4.69) is 115 Å². The Bertz CT molecular complexity index is 1470. The van der Waals surface area contributed by atoms with Gasteiger partial charge in [0.05, 0.1) is 14.1 Å². The van der Waals surface area contributed by atoms with Crippen LogP contribution < -0.4 is 26.1 Å². The number of rotatable bonds is 9. The van der Waals surface area contributed by atoms with Gasteiger partial charge in [-0.2, -0.15) is 10.2 Å². The zero-order valence-electron chi connectivity index (χ0n) is 24.4. The molecule has 0 atom stereocenters. The first-order chi connectivity index (χ1) is 20.6. The topological polar surface area (TPSA) is 70.8 Å². The van der Waals surface area contributed by atoms with Gasteiger partial charge in [0.1, 0.15) is 15.9 Å². The van der Waals surface area contributed by atoms with E-state index in [-0.39, 0.29) is 26.2 Å². The summed E-state index contributed by atoms with van der Waals surface area (Å²) in [5.74, 6) is -0.124. The van der Waals surface area contributed by atoms with Crippen LogP contribution in [0.3, 0.4) is 0 Å². The largest absolute Gasteiger partial charge is 2.00 e. The van der Waals surface area contributed by atoms with Gasteiger partial charge in [0.25, 0.3) is 0 Å². The van der Waals surface area contributed by atoms with E-state index in [1.54, 1.807) is 36.4 Å². The molecule has 4 nitrogen and oxygen atoms in total. The van der Waals surface area contributed by atoms with Gasteiger partial charge in [-0.1, -0.05) is 123 Å². The van der Waals surface area contributed by atoms with Crippen LogP contribution in [0.5, 0.6) is 5.75 Å². The summed E-state index contributed by atoms with van der Waals surface area (Å²) >= 11 is 0. The fourth-order valence-electron chi connectivity index (χ4n) is 4.77. The van der Waals surface area contributed by atoms with Crippen molar-refractivity contribution in [2.45, 2.75) is 32.6 Å². The molecule has 0 heterocycles. The molecular formula is C37H36N2O2PPd+. The summed E-state index contributed by atoms with van der Waals surface area (Å²) in [5, 5.41) is 35.5. The van der Waals surface area contributed by atoms with Crippen molar-refractivity contribution < 1.29 is 30.6 Å². The van der Waals surface area contributed by atoms with E-state index in [4.69, 9.17) is 0 Å². The fraction of sp³-hybridized carbons (Fsp3) is 0.135. The summed E-state index contributed by atoms with van der Waals surface area (Å²) in [7, 11) is -0.877. The normalized spacial score (nSPS) is 11.2. The number of hydrogen-bond donors (Lipinski definition) is 0. The van der Waals surface area contributed by atoms with Gasteiger partial charge in [0.15, 0.2) is 0 Å². The predicted molar refractivity (Wildman–Crippen MR) is 176 cm³/mol. The van der Waals surface area contributed by atoms with Crippen LogP contribution in [0, 0.1) is 0 Å². The molecule has 6 heteroatoms. The Morgan fingerprint density at radius 3 is 1.53 bits per heavy atom. The molecule has 0 aliphatic heterocycles. The summed E-state index contributed by atoms with van der Waals surface area (Å²) in [5.41, 5.74) is 1.95. The van der Waals surface area contributed by atoms with Gasteiger partial charge < -0.3 is 10.2 Å². The smallest absolute Gasteiger partial charge is 0.872 e. The van der Waals surface area contributed by atoms with Crippen molar-refractivity contribution >= 4 is 35.9 Å². The second kappa shape index (κ2) is 17.9. The SMILES string of the molecule is CCC(CC)c1ccc(/C=N/N=C(\[O-])c2ccccc2)c([O-])c1.[Pd+2].c1ccc([PH+](c2ccccc2)c2ccccc2)cc1. The van der Waals surface area contributed by atoms with Crippen LogP contribution in [0.2, 0.25) is 0 Å². The standard InChI is InChI=1S/C19H22N2O2.C18H15P.Pd/c1-3-14(4-2)16-10-11-17(18(22)12-16)13-20-21-19(23)15-8-6-5-7-9-15;1-4-10-16(11-5-1)19(17-12-6-2-7-13-17)18-14-8-3-9-15-18;/h5-14,22H,3-4H2,1-2H3,(H,21,23);1-15H;/q;;+2/p-1/b20-13+;;. The molecule has 0 aliphatic carbocycles. The first-order valence-corrected chi connectivity index (χ1v) is 15.8. The maximum atomic E-state index is 12.1. The molecule has 0 saturated carbocycles. The van der Waals surface area contributed by atoms with E-state index in [1.165, 1.54) is 22.1 Å². The average molecular weight is 678 g/mol. The Balaban J connectivity index is 0.000000233. The maximum absolute atomic E-state index is 12.1. The van der Waals surface area contributed by atoms with Gasteiger partial charge in [-0.05, 0) is 71.8 Å². The van der Waals surface area contributed by atoms with Gasteiger partial charge in [-0.15, -0.1) is 0 Å². The molecule has 0 aliphatic rings. The van der Waals surface area contributed by atoms with Crippen LogP contribution in [0.25, 0.3) is 0 Å². The molecule has 43 heavy (non-hydrogen) atoms. The zero-order chi connectivity index (χ0) is 29.6. The van der Waals surface area contributed by atoms with Gasteiger partial charge in [0, 0.05) is 5.90 Å². The summed E-state index contributed by atoms with van der Waals surface area (Å²) in [6.07, 6.45) is 3.34. The molecule has 0 saturated heterocycles. The first kappa shape index (κ1) is 33.6. The Morgan fingerprint density at radius 1 is 0.674 bits per heavy atom. The Kier molecular flexibility index (Phi) is 14.0. The van der Waals surface area contributed by atoms with Gasteiger partial charge >= 0.3 is 20.4 Å². The van der Waals surface area contributed by atoms with Crippen LogP contribution in [-0.4, -0.2) is 12.1 Å². The van der Waals surface area contributed by atoms with Crippen molar-refractivity contribution in [3.05, 3.63) is 156 Å². The molecule has 220 valence electrons. The minimum absolute atomic E-state index is 0. The van der Waals surface area contributed by atoms with Crippen LogP contribution >= 0.6 is 7.92 Å². The van der Waals surface area contributed by atoms with E-state index in [9.17, 15) is 10.2 Å². The van der Waals surface area contributed by atoms with Crippen molar-refractivity contribution in [2.24, 2.45) is 10.2 Å².